The van der Waals surface area contributed by atoms with Gasteiger partial charge in [0, 0.05) is 16.7 Å². The first kappa shape index (κ1) is 19.7. The molecule has 3 heteroatoms. The van der Waals surface area contributed by atoms with E-state index >= 15 is 0 Å². The van der Waals surface area contributed by atoms with Crippen molar-refractivity contribution in [3.63, 3.8) is 0 Å². The van der Waals surface area contributed by atoms with E-state index in [1.165, 1.54) is 40.2 Å². The maximum Gasteiger partial charge on any atom is 0.257 e. The molecule has 29 heavy (non-hydrogen) atoms. The third-order valence-electron chi connectivity index (χ3n) is 5.80. The Bertz CT molecular complexity index is 1040. The maximum absolute atomic E-state index is 2.52. The zero-order valence-electron chi connectivity index (χ0n) is 16.6. The normalized spacial score (nSPS) is 12.6. The van der Waals surface area contributed by atoms with Crippen LogP contribution < -0.4 is 21.5 Å². The molecule has 0 unspecified atom stereocenters. The van der Waals surface area contributed by atoms with Gasteiger partial charge in [-0.1, -0.05) is 90.5 Å². The molecule has 2 heterocycles. The molecular formula is C26H25BrN2. The fraction of sp³-hybridized carbons (Fsp3) is 0.192. The summed E-state index contributed by atoms with van der Waals surface area (Å²) in [6.45, 7) is 3.25. The van der Waals surface area contributed by atoms with E-state index in [0.717, 1.165) is 13.0 Å². The molecule has 0 aliphatic carbocycles. The van der Waals surface area contributed by atoms with E-state index in [9.17, 15) is 0 Å². The van der Waals surface area contributed by atoms with Gasteiger partial charge in [0.15, 0.2) is 11.7 Å². The van der Waals surface area contributed by atoms with Gasteiger partial charge in [-0.25, -0.2) is 9.13 Å². The van der Waals surface area contributed by atoms with Gasteiger partial charge in [0.25, 0.3) is 5.82 Å². The standard InChI is InChI=1S/C26H25N2.BrH/c1-20-14-16-21(17-15-20)24-19-28(25-13-8-18-27(24)25)26(22-9-4-2-5-10-22)23-11-6-3-7-12-23;/h2-7,9-12,14-17,19,26H,8,13,18H2,1H3;1H/q+1;/p-1. The van der Waals surface area contributed by atoms with Gasteiger partial charge in [-0.15, -0.1) is 0 Å². The number of rotatable bonds is 4. The average Bonchev–Trinajstić information content (AvgIpc) is 3.35. The monoisotopic (exact) mass is 444 g/mol. The predicted octanol–water partition coefficient (Wildman–Crippen LogP) is 2.34. The predicted molar refractivity (Wildman–Crippen MR) is 113 cm³/mol. The van der Waals surface area contributed by atoms with Gasteiger partial charge >= 0.3 is 0 Å². The molecule has 3 aromatic carbocycles. The number of hydrogen-bond acceptors (Lipinski definition) is 0. The van der Waals surface area contributed by atoms with E-state index in [1.807, 2.05) is 0 Å². The summed E-state index contributed by atoms with van der Waals surface area (Å²) < 4.78 is 5.02. The fourth-order valence-electron chi connectivity index (χ4n) is 4.43. The first-order valence-corrected chi connectivity index (χ1v) is 10.1. The molecule has 5 rings (SSSR count). The summed E-state index contributed by atoms with van der Waals surface area (Å²) in [7, 11) is 0. The van der Waals surface area contributed by atoms with Crippen LogP contribution in [0.5, 0.6) is 0 Å². The Balaban J connectivity index is 0.00000205. The highest BCUT2D eigenvalue weighted by atomic mass is 79.9. The first-order chi connectivity index (χ1) is 13.8. The molecular weight excluding hydrogens is 420 g/mol. The van der Waals surface area contributed by atoms with Crippen LogP contribution in [0.4, 0.5) is 0 Å². The number of aromatic nitrogens is 2. The van der Waals surface area contributed by atoms with Crippen LogP contribution in [0.15, 0.2) is 91.1 Å². The van der Waals surface area contributed by atoms with Crippen molar-refractivity contribution in [2.24, 2.45) is 0 Å². The molecule has 1 aromatic heterocycles. The number of hydrogen-bond donors (Lipinski definition) is 0. The average molecular weight is 445 g/mol. The smallest absolute Gasteiger partial charge is 0.257 e. The van der Waals surface area contributed by atoms with Crippen molar-refractivity contribution in [2.45, 2.75) is 32.4 Å². The van der Waals surface area contributed by atoms with Crippen molar-refractivity contribution in [2.75, 3.05) is 0 Å². The van der Waals surface area contributed by atoms with E-state index in [1.54, 1.807) is 0 Å². The largest absolute Gasteiger partial charge is 1.00 e. The molecule has 0 amide bonds. The van der Waals surface area contributed by atoms with Crippen molar-refractivity contribution in [3.8, 4) is 11.3 Å². The van der Waals surface area contributed by atoms with E-state index in [2.05, 4.69) is 107 Å². The van der Waals surface area contributed by atoms with Gasteiger partial charge in [0.2, 0.25) is 0 Å². The zero-order chi connectivity index (χ0) is 18.9. The topological polar surface area (TPSA) is 8.81 Å². The number of aryl methyl sites for hydroxylation is 1. The second kappa shape index (κ2) is 8.38. The van der Waals surface area contributed by atoms with Gasteiger partial charge in [0.05, 0.1) is 13.0 Å². The van der Waals surface area contributed by atoms with Gasteiger partial charge < -0.3 is 17.0 Å². The molecule has 0 saturated carbocycles. The molecule has 0 spiro atoms. The Morgan fingerprint density at radius 1 is 0.793 bits per heavy atom. The summed E-state index contributed by atoms with van der Waals surface area (Å²) in [5, 5.41) is 0. The van der Waals surface area contributed by atoms with Crippen LogP contribution in [-0.4, -0.2) is 4.57 Å². The lowest BCUT2D eigenvalue weighted by atomic mass is 9.98. The summed E-state index contributed by atoms with van der Waals surface area (Å²) in [6, 6.07) is 30.9. The lowest BCUT2D eigenvalue weighted by molar-refractivity contribution is -0.710. The molecule has 0 saturated heterocycles. The number of nitrogens with zero attached hydrogens (tertiary/aromatic N) is 2. The number of imidazole rings is 1. The molecule has 0 radical (unpaired) electrons. The van der Waals surface area contributed by atoms with Crippen LogP contribution in [0.2, 0.25) is 0 Å². The second-order valence-corrected chi connectivity index (χ2v) is 7.68. The molecule has 146 valence electrons. The minimum absolute atomic E-state index is 0. The SMILES string of the molecule is Cc1ccc(-c2c[n+](C(c3ccccc3)c3ccccc3)c3n2CCC3)cc1.[Br-]. The molecule has 4 aromatic rings. The molecule has 2 nitrogen and oxygen atoms in total. The van der Waals surface area contributed by atoms with E-state index in [4.69, 9.17) is 0 Å². The molecule has 0 atom stereocenters. The third-order valence-corrected chi connectivity index (χ3v) is 5.80. The van der Waals surface area contributed by atoms with Crippen molar-refractivity contribution in [3.05, 3.63) is 114 Å². The van der Waals surface area contributed by atoms with Crippen LogP contribution in [0.25, 0.3) is 11.3 Å². The van der Waals surface area contributed by atoms with Gasteiger partial charge in [-0.3, -0.25) is 0 Å². The Kier molecular flexibility index (Phi) is 5.68. The third kappa shape index (κ3) is 3.67. The molecule has 1 aliphatic rings. The minimum atomic E-state index is 0. The Morgan fingerprint density at radius 3 is 1.97 bits per heavy atom. The summed E-state index contributed by atoms with van der Waals surface area (Å²) in [5.41, 5.74) is 6.58. The Morgan fingerprint density at radius 2 is 1.38 bits per heavy atom. The van der Waals surface area contributed by atoms with Crippen LogP contribution in [0.1, 0.15) is 35.0 Å². The number of halogens is 1. The highest BCUT2D eigenvalue weighted by molar-refractivity contribution is 5.59. The first-order valence-electron chi connectivity index (χ1n) is 10.1. The highest BCUT2D eigenvalue weighted by Gasteiger charge is 2.33. The van der Waals surface area contributed by atoms with Crippen molar-refractivity contribution in [1.29, 1.82) is 0 Å². The van der Waals surface area contributed by atoms with Gasteiger partial charge in [0.1, 0.15) is 6.20 Å². The molecule has 0 bridgehead atoms. The number of fused-ring (bicyclic) bond motifs is 1. The molecule has 0 N–H and O–H groups in total. The van der Waals surface area contributed by atoms with Crippen molar-refractivity contribution < 1.29 is 21.5 Å². The summed E-state index contributed by atoms with van der Waals surface area (Å²) in [4.78, 5) is 0. The van der Waals surface area contributed by atoms with Gasteiger partial charge in [-0.2, -0.15) is 0 Å². The van der Waals surface area contributed by atoms with Gasteiger partial charge in [-0.05, 0) is 13.3 Å². The number of benzene rings is 3. The summed E-state index contributed by atoms with van der Waals surface area (Å²) in [5.74, 6) is 1.42. The van der Waals surface area contributed by atoms with Crippen molar-refractivity contribution in [1.82, 2.24) is 4.57 Å². The molecule has 0 fully saturated rings. The Labute approximate surface area is 183 Å². The highest BCUT2D eigenvalue weighted by Crippen LogP contribution is 2.29. The minimum Gasteiger partial charge on any atom is -1.00 e. The lowest BCUT2D eigenvalue weighted by Gasteiger charge is -2.16. The summed E-state index contributed by atoms with van der Waals surface area (Å²) in [6.07, 6.45) is 4.71. The second-order valence-electron chi connectivity index (χ2n) is 7.68. The Hall–Kier alpha value is -2.65. The molecule has 1 aliphatic heterocycles. The summed E-state index contributed by atoms with van der Waals surface area (Å²) >= 11 is 0. The van der Waals surface area contributed by atoms with Crippen molar-refractivity contribution >= 4 is 0 Å². The quantitative estimate of drug-likeness (QED) is 0.427. The van der Waals surface area contributed by atoms with E-state index in [0.29, 0.717) is 0 Å². The van der Waals surface area contributed by atoms with E-state index < -0.39 is 0 Å². The van der Waals surface area contributed by atoms with Crippen LogP contribution in [0, 0.1) is 6.92 Å². The lowest BCUT2D eigenvalue weighted by Crippen LogP contribution is -3.00. The fourth-order valence-corrected chi connectivity index (χ4v) is 4.43. The van der Waals surface area contributed by atoms with Crippen LogP contribution in [0.3, 0.4) is 0 Å². The maximum atomic E-state index is 2.52. The van der Waals surface area contributed by atoms with Crippen LogP contribution in [-0.2, 0) is 13.0 Å². The van der Waals surface area contributed by atoms with Crippen LogP contribution >= 0.6 is 0 Å². The zero-order valence-corrected chi connectivity index (χ0v) is 18.2. The van der Waals surface area contributed by atoms with E-state index in [-0.39, 0.29) is 23.0 Å².